The maximum absolute atomic E-state index is 15.5. The van der Waals surface area contributed by atoms with Gasteiger partial charge in [0.15, 0.2) is 5.71 Å². The second kappa shape index (κ2) is 8.23. The number of carboxylic acids is 1. The van der Waals surface area contributed by atoms with Crippen LogP contribution < -0.4 is 10.1 Å². The fraction of sp³-hybridized carbons (Fsp3) is 0.241. The first-order valence-electron chi connectivity index (χ1n) is 12.3. The molecule has 1 aliphatic carbocycles. The molecule has 3 aliphatic heterocycles. The summed E-state index contributed by atoms with van der Waals surface area (Å²) in [5, 5.41) is 11.5. The van der Waals surface area contributed by atoms with Crippen LogP contribution in [0.4, 0.5) is 14.5 Å². The third-order valence-electron chi connectivity index (χ3n) is 8.05. The maximum Gasteiger partial charge on any atom is 0.335 e. The van der Waals surface area contributed by atoms with E-state index in [4.69, 9.17) is 0 Å². The van der Waals surface area contributed by atoms with Crippen LogP contribution in [-0.4, -0.2) is 55.6 Å². The number of carboxylic acid groups (broad SMARTS) is 1. The number of hydrogen-bond donors (Lipinski definition) is 1. The molecule has 1 unspecified atom stereocenters. The lowest BCUT2D eigenvalue weighted by atomic mass is 9.88. The zero-order valence-corrected chi connectivity index (χ0v) is 21.2. The molecular weight excluding hydrogens is 474 g/mol. The summed E-state index contributed by atoms with van der Waals surface area (Å²) in [6.45, 7) is 10.5. The van der Waals surface area contributed by atoms with Crippen molar-refractivity contribution >= 4 is 36.2 Å². The molecule has 1 N–H and O–H groups in total. The van der Waals surface area contributed by atoms with E-state index < -0.39 is 31.2 Å². The summed E-state index contributed by atoms with van der Waals surface area (Å²) in [4.78, 5) is 13.7. The number of carbonyl (C=O) groups is 1. The molecule has 0 saturated carbocycles. The third kappa shape index (κ3) is 3.29. The molecule has 182 valence electrons. The summed E-state index contributed by atoms with van der Waals surface area (Å²) in [5.74, 6) is -3.11. The second-order valence-electron chi connectivity index (χ2n) is 10.0. The lowest BCUT2D eigenvalue weighted by molar-refractivity contribution is -0.582. The van der Waals surface area contributed by atoms with Crippen LogP contribution in [0, 0.1) is 11.6 Å². The monoisotopic (exact) mass is 501 g/mol. The van der Waals surface area contributed by atoms with Crippen molar-refractivity contribution in [3.8, 4) is 0 Å². The van der Waals surface area contributed by atoms with Crippen molar-refractivity contribution in [2.45, 2.75) is 19.4 Å². The fourth-order valence-electron chi connectivity index (χ4n) is 5.62. The number of nitrogens with zero attached hydrogens (tertiary/aromatic N) is 2. The second-order valence-corrected chi connectivity index (χ2v) is 13.9. The Bertz CT molecular complexity index is 1450. The molecule has 2 saturated heterocycles. The van der Waals surface area contributed by atoms with Crippen molar-refractivity contribution in [1.82, 2.24) is 0 Å². The van der Waals surface area contributed by atoms with Gasteiger partial charge in [-0.05, 0) is 58.3 Å². The van der Waals surface area contributed by atoms with E-state index in [9.17, 15) is 9.90 Å². The highest BCUT2D eigenvalue weighted by atomic mass is 28.3. The molecule has 0 radical (unpaired) electrons. The van der Waals surface area contributed by atoms with E-state index >= 15 is 8.78 Å². The predicted octanol–water partition coefficient (Wildman–Crippen LogP) is 4.59. The Kier molecular flexibility index (Phi) is 5.23. The standard InChI is InChI=1S/C29H26F2N2O2Si/c1-3-36(2)25-16-19(32-10-4-11-32)6-8-21(25)27(28-23(30)14-18(29(34)35)15-24(28)31)22-9-7-20(17-26(22)36)33-12-5-13-33/h3,6-9,14-17H,1,4-5,10-13H2,2H3/p+1. The van der Waals surface area contributed by atoms with E-state index in [2.05, 4.69) is 40.4 Å². The topological polar surface area (TPSA) is 43.6 Å². The number of aromatic carboxylic acids is 1. The van der Waals surface area contributed by atoms with Crippen LogP contribution in [0.25, 0.3) is 5.57 Å². The molecule has 2 aromatic carbocycles. The highest BCUT2D eigenvalue weighted by Gasteiger charge is 2.43. The van der Waals surface area contributed by atoms with Gasteiger partial charge in [-0.15, -0.1) is 6.58 Å². The van der Waals surface area contributed by atoms with Crippen molar-refractivity contribution < 1.29 is 23.3 Å². The van der Waals surface area contributed by atoms with Gasteiger partial charge in [-0.2, -0.15) is 0 Å². The van der Waals surface area contributed by atoms with Crippen LogP contribution in [0.2, 0.25) is 6.55 Å². The molecule has 7 heteroatoms. The number of fused-ring (bicyclic) bond motifs is 2. The Hall–Kier alpha value is -3.58. The van der Waals surface area contributed by atoms with Gasteiger partial charge < -0.3 is 10.0 Å². The summed E-state index contributed by atoms with van der Waals surface area (Å²) < 4.78 is 33.3. The van der Waals surface area contributed by atoms with Crippen molar-refractivity contribution in [3.63, 3.8) is 0 Å². The Labute approximate surface area is 209 Å². The fourth-order valence-corrected chi connectivity index (χ4v) is 8.78. The van der Waals surface area contributed by atoms with Crippen LogP contribution in [0.3, 0.4) is 0 Å². The number of hydrogen-bond acceptors (Lipinski definition) is 2. The van der Waals surface area contributed by atoms with Gasteiger partial charge in [0, 0.05) is 36.5 Å². The molecule has 4 nitrogen and oxygen atoms in total. The predicted molar refractivity (Wildman–Crippen MR) is 141 cm³/mol. The van der Waals surface area contributed by atoms with E-state index in [1.54, 1.807) is 0 Å². The summed E-state index contributed by atoms with van der Waals surface area (Å²) in [7, 11) is -2.47. The summed E-state index contributed by atoms with van der Waals surface area (Å²) in [6.07, 6.45) is 8.49. The quantitative estimate of drug-likeness (QED) is 0.492. The Morgan fingerprint density at radius 1 is 1.11 bits per heavy atom. The minimum absolute atomic E-state index is 0.184. The molecule has 4 aliphatic rings. The molecule has 36 heavy (non-hydrogen) atoms. The van der Waals surface area contributed by atoms with Gasteiger partial charge in [0.05, 0.1) is 17.5 Å². The highest BCUT2D eigenvalue weighted by Crippen LogP contribution is 2.44. The molecule has 2 aromatic rings. The molecule has 0 bridgehead atoms. The van der Waals surface area contributed by atoms with E-state index in [1.165, 1.54) is 0 Å². The van der Waals surface area contributed by atoms with Crippen molar-refractivity contribution in [1.29, 1.82) is 0 Å². The first-order valence-corrected chi connectivity index (χ1v) is 14.9. The lowest BCUT2D eigenvalue weighted by Crippen LogP contribution is -2.51. The Morgan fingerprint density at radius 2 is 1.83 bits per heavy atom. The summed E-state index contributed by atoms with van der Waals surface area (Å²) in [6, 6.07) is 8.01. The van der Waals surface area contributed by atoms with Crippen molar-refractivity contribution in [2.75, 3.05) is 31.1 Å². The average molecular weight is 502 g/mol. The Morgan fingerprint density at radius 3 is 2.39 bits per heavy atom. The molecule has 2 fully saturated rings. The first-order chi connectivity index (χ1) is 17.3. The molecule has 3 heterocycles. The number of rotatable bonds is 4. The van der Waals surface area contributed by atoms with Crippen molar-refractivity contribution in [3.05, 3.63) is 99.9 Å². The molecule has 0 aromatic heterocycles. The van der Waals surface area contributed by atoms with Gasteiger partial charge in [0.25, 0.3) is 0 Å². The molecular formula is C29H27F2N2O2Si+. The van der Waals surface area contributed by atoms with E-state index in [0.29, 0.717) is 5.57 Å². The maximum atomic E-state index is 15.5. The highest BCUT2D eigenvalue weighted by molar-refractivity contribution is 7.02. The minimum atomic E-state index is -2.47. The number of halogens is 2. The van der Waals surface area contributed by atoms with Gasteiger partial charge >= 0.3 is 5.97 Å². The zero-order chi connectivity index (χ0) is 25.2. The van der Waals surface area contributed by atoms with Gasteiger partial charge in [0.2, 0.25) is 0 Å². The summed E-state index contributed by atoms with van der Waals surface area (Å²) in [5.41, 5.74) is 5.75. The van der Waals surface area contributed by atoms with Crippen molar-refractivity contribution in [2.24, 2.45) is 0 Å². The first kappa shape index (κ1) is 22.9. The minimum Gasteiger partial charge on any atom is -0.478 e. The molecule has 1 atom stereocenters. The van der Waals surface area contributed by atoms with Gasteiger partial charge in [-0.1, -0.05) is 18.3 Å². The van der Waals surface area contributed by atoms with Gasteiger partial charge in [-0.3, -0.25) is 0 Å². The smallest absolute Gasteiger partial charge is 0.335 e. The largest absolute Gasteiger partial charge is 0.478 e. The van der Waals surface area contributed by atoms with Crippen LogP contribution >= 0.6 is 0 Å². The van der Waals surface area contributed by atoms with E-state index in [-0.39, 0.29) is 5.56 Å². The molecule has 6 rings (SSSR count). The summed E-state index contributed by atoms with van der Waals surface area (Å²) >= 11 is 0. The molecule has 0 spiro atoms. The van der Waals surface area contributed by atoms with Crippen LogP contribution in [0.5, 0.6) is 0 Å². The normalized spacial score (nSPS) is 22.4. The third-order valence-corrected chi connectivity index (χ3v) is 11.9. The lowest BCUT2D eigenvalue weighted by Gasteiger charge is -2.40. The van der Waals surface area contributed by atoms with Gasteiger partial charge in [-0.25, -0.2) is 18.2 Å². The van der Waals surface area contributed by atoms with E-state index in [0.717, 1.165) is 84.1 Å². The van der Waals surface area contributed by atoms with Crippen LogP contribution in [-0.2, 0) is 0 Å². The molecule has 0 amide bonds. The van der Waals surface area contributed by atoms with Crippen LogP contribution in [0.1, 0.15) is 34.3 Å². The number of allylic oxidation sites excluding steroid dienone is 5. The number of benzene rings is 2. The number of anilines is 1. The van der Waals surface area contributed by atoms with Crippen LogP contribution in [0.15, 0.2) is 71.6 Å². The SMILES string of the molecule is C=C[Si]1(C)C2=CC(=[N+]3CCC3)C=CC2=C(c2c(F)cc(C(=O)O)cc2F)c2ccc(N3CCC3)cc21. The van der Waals surface area contributed by atoms with E-state index in [1.807, 2.05) is 24.3 Å². The van der Waals surface area contributed by atoms with Gasteiger partial charge in [0.1, 0.15) is 32.8 Å². The Balaban J connectivity index is 1.66. The zero-order valence-electron chi connectivity index (χ0n) is 20.2. The average Bonchev–Trinajstić information content (AvgIpc) is 2.78.